The molecule has 1 rings (SSSR count). The van der Waals surface area contributed by atoms with Crippen LogP contribution in [0.3, 0.4) is 0 Å². The highest BCUT2D eigenvalue weighted by atomic mass is 16.5. The maximum absolute atomic E-state index is 11.7. The summed E-state index contributed by atoms with van der Waals surface area (Å²) in [5, 5.41) is 0. The van der Waals surface area contributed by atoms with Gasteiger partial charge in [-0.05, 0) is 24.2 Å². The lowest BCUT2D eigenvalue weighted by Gasteiger charge is -2.26. The van der Waals surface area contributed by atoms with Crippen molar-refractivity contribution in [3.05, 3.63) is 0 Å². The van der Waals surface area contributed by atoms with Gasteiger partial charge >= 0.3 is 0 Å². The summed E-state index contributed by atoms with van der Waals surface area (Å²) in [5.74, 6) is 2.29. The van der Waals surface area contributed by atoms with Gasteiger partial charge in [0.15, 0.2) is 0 Å². The van der Waals surface area contributed by atoms with E-state index in [0.29, 0.717) is 11.8 Å². The number of hydrogen-bond donors (Lipinski definition) is 0. The maximum atomic E-state index is 11.7. The van der Waals surface area contributed by atoms with E-state index in [1.165, 1.54) is 6.42 Å². The number of carbonyl (C=O) groups is 1. The third-order valence-electron chi connectivity index (χ3n) is 3.78. The number of ether oxygens (including phenoxy) is 1. The Labute approximate surface area is 99.1 Å². The van der Waals surface area contributed by atoms with Crippen LogP contribution in [-0.2, 0) is 9.53 Å². The predicted octanol–water partition coefficient (Wildman–Crippen LogP) is 2.16. The molecule has 0 spiro atoms. The molecule has 2 atom stereocenters. The Hall–Kier alpha value is -0.570. The molecule has 94 valence electrons. The molecular formula is C13H25NO2. The molecule has 1 saturated heterocycles. The van der Waals surface area contributed by atoms with E-state index < -0.39 is 0 Å². The van der Waals surface area contributed by atoms with Gasteiger partial charge in [0.1, 0.15) is 6.61 Å². The molecule has 0 N–H and O–H groups in total. The van der Waals surface area contributed by atoms with Gasteiger partial charge in [-0.1, -0.05) is 27.2 Å². The SMILES string of the molecule is CCC(C(C)C)C1CCN(C(=O)COC)C1. The molecule has 1 aliphatic rings. The largest absolute Gasteiger partial charge is 0.375 e. The summed E-state index contributed by atoms with van der Waals surface area (Å²) in [6.07, 6.45) is 2.38. The normalized spacial score (nSPS) is 22.8. The van der Waals surface area contributed by atoms with Crippen molar-refractivity contribution in [2.24, 2.45) is 17.8 Å². The molecule has 0 saturated carbocycles. The molecule has 1 fully saturated rings. The second kappa shape index (κ2) is 6.24. The topological polar surface area (TPSA) is 29.5 Å². The van der Waals surface area contributed by atoms with Crippen molar-refractivity contribution in [3.63, 3.8) is 0 Å². The number of amides is 1. The lowest BCUT2D eigenvalue weighted by molar-refractivity contribution is -0.134. The summed E-state index contributed by atoms with van der Waals surface area (Å²) in [7, 11) is 1.58. The van der Waals surface area contributed by atoms with Crippen LogP contribution in [0.2, 0.25) is 0 Å². The maximum Gasteiger partial charge on any atom is 0.248 e. The summed E-state index contributed by atoms with van der Waals surface area (Å²) < 4.78 is 4.89. The van der Waals surface area contributed by atoms with Gasteiger partial charge in [-0.2, -0.15) is 0 Å². The fraction of sp³-hybridized carbons (Fsp3) is 0.923. The van der Waals surface area contributed by atoms with Crippen molar-refractivity contribution in [1.82, 2.24) is 4.90 Å². The summed E-state index contributed by atoms with van der Waals surface area (Å²) in [6, 6.07) is 0. The second-order valence-corrected chi connectivity index (χ2v) is 5.14. The van der Waals surface area contributed by atoms with Gasteiger partial charge in [-0.25, -0.2) is 0 Å². The van der Waals surface area contributed by atoms with Gasteiger partial charge in [0, 0.05) is 20.2 Å². The molecule has 1 amide bonds. The van der Waals surface area contributed by atoms with Crippen molar-refractivity contribution in [2.45, 2.75) is 33.6 Å². The highest BCUT2D eigenvalue weighted by molar-refractivity contribution is 5.77. The zero-order chi connectivity index (χ0) is 12.1. The Bertz CT molecular complexity index is 228. The molecule has 0 aromatic rings. The van der Waals surface area contributed by atoms with E-state index in [1.807, 2.05) is 4.90 Å². The number of nitrogens with zero attached hydrogens (tertiary/aromatic N) is 1. The minimum atomic E-state index is 0.142. The van der Waals surface area contributed by atoms with Crippen molar-refractivity contribution in [2.75, 3.05) is 26.8 Å². The van der Waals surface area contributed by atoms with Gasteiger partial charge in [0.05, 0.1) is 0 Å². The van der Waals surface area contributed by atoms with Crippen LogP contribution in [0.1, 0.15) is 33.6 Å². The molecule has 0 aromatic carbocycles. The van der Waals surface area contributed by atoms with Crippen LogP contribution in [0, 0.1) is 17.8 Å². The third kappa shape index (κ3) is 3.21. The van der Waals surface area contributed by atoms with E-state index in [0.717, 1.165) is 25.4 Å². The van der Waals surface area contributed by atoms with Gasteiger partial charge < -0.3 is 9.64 Å². The molecule has 3 heteroatoms. The zero-order valence-corrected chi connectivity index (χ0v) is 11.0. The first-order chi connectivity index (χ1) is 7.60. The van der Waals surface area contributed by atoms with Crippen LogP contribution in [0.15, 0.2) is 0 Å². The van der Waals surface area contributed by atoms with Crippen LogP contribution in [0.5, 0.6) is 0 Å². The van der Waals surface area contributed by atoms with Crippen molar-refractivity contribution < 1.29 is 9.53 Å². The van der Waals surface area contributed by atoms with E-state index >= 15 is 0 Å². The van der Waals surface area contributed by atoms with Gasteiger partial charge in [-0.3, -0.25) is 4.79 Å². The first-order valence-electron chi connectivity index (χ1n) is 6.36. The third-order valence-corrected chi connectivity index (χ3v) is 3.78. The fourth-order valence-electron chi connectivity index (χ4n) is 2.93. The quantitative estimate of drug-likeness (QED) is 0.720. The average Bonchev–Trinajstić information content (AvgIpc) is 2.68. The fourth-order valence-corrected chi connectivity index (χ4v) is 2.93. The number of hydrogen-bond acceptors (Lipinski definition) is 2. The van der Waals surface area contributed by atoms with Gasteiger partial charge in [0.2, 0.25) is 5.91 Å². The van der Waals surface area contributed by atoms with E-state index in [4.69, 9.17) is 4.74 Å². The molecule has 16 heavy (non-hydrogen) atoms. The zero-order valence-electron chi connectivity index (χ0n) is 11.0. The van der Waals surface area contributed by atoms with Crippen LogP contribution in [0.25, 0.3) is 0 Å². The Morgan fingerprint density at radius 1 is 1.50 bits per heavy atom. The van der Waals surface area contributed by atoms with E-state index in [-0.39, 0.29) is 12.5 Å². The minimum Gasteiger partial charge on any atom is -0.375 e. The molecule has 2 unspecified atom stereocenters. The number of likely N-dealkylation sites (tertiary alicyclic amines) is 1. The van der Waals surface area contributed by atoms with E-state index in [9.17, 15) is 4.79 Å². The van der Waals surface area contributed by atoms with Gasteiger partial charge in [-0.15, -0.1) is 0 Å². The smallest absolute Gasteiger partial charge is 0.248 e. The van der Waals surface area contributed by atoms with Crippen LogP contribution in [-0.4, -0.2) is 37.6 Å². The second-order valence-electron chi connectivity index (χ2n) is 5.14. The number of carbonyl (C=O) groups excluding carboxylic acids is 1. The first kappa shape index (κ1) is 13.5. The summed E-state index contributed by atoms with van der Waals surface area (Å²) >= 11 is 0. The highest BCUT2D eigenvalue weighted by Gasteiger charge is 2.32. The van der Waals surface area contributed by atoms with Gasteiger partial charge in [0.25, 0.3) is 0 Å². The molecule has 1 aliphatic heterocycles. The number of methoxy groups -OCH3 is 1. The van der Waals surface area contributed by atoms with E-state index in [2.05, 4.69) is 20.8 Å². The van der Waals surface area contributed by atoms with E-state index in [1.54, 1.807) is 7.11 Å². The highest BCUT2D eigenvalue weighted by Crippen LogP contribution is 2.31. The summed E-state index contributed by atoms with van der Waals surface area (Å²) in [5.41, 5.74) is 0. The number of rotatable bonds is 5. The summed E-state index contributed by atoms with van der Waals surface area (Å²) in [6.45, 7) is 8.89. The van der Waals surface area contributed by atoms with Crippen LogP contribution >= 0.6 is 0 Å². The molecule has 0 aliphatic carbocycles. The Kier molecular flexibility index (Phi) is 5.26. The molecule has 0 bridgehead atoms. The van der Waals surface area contributed by atoms with Crippen LogP contribution < -0.4 is 0 Å². The molecular weight excluding hydrogens is 202 g/mol. The monoisotopic (exact) mass is 227 g/mol. The van der Waals surface area contributed by atoms with Crippen molar-refractivity contribution in [3.8, 4) is 0 Å². The molecule has 0 aromatic heterocycles. The van der Waals surface area contributed by atoms with Crippen LogP contribution in [0.4, 0.5) is 0 Å². The lowest BCUT2D eigenvalue weighted by Crippen LogP contribution is -2.33. The summed E-state index contributed by atoms with van der Waals surface area (Å²) in [4.78, 5) is 13.6. The standard InChI is InChI=1S/C13H25NO2/c1-5-12(10(2)3)11-6-7-14(8-11)13(15)9-16-4/h10-12H,5-9H2,1-4H3. The lowest BCUT2D eigenvalue weighted by atomic mass is 9.81. The predicted molar refractivity (Wildman–Crippen MR) is 65.2 cm³/mol. The average molecular weight is 227 g/mol. The van der Waals surface area contributed by atoms with Crippen molar-refractivity contribution >= 4 is 5.91 Å². The molecule has 3 nitrogen and oxygen atoms in total. The first-order valence-corrected chi connectivity index (χ1v) is 6.36. The molecule has 0 radical (unpaired) electrons. The Morgan fingerprint density at radius 3 is 2.69 bits per heavy atom. The Balaban J connectivity index is 2.48. The Morgan fingerprint density at radius 2 is 2.19 bits per heavy atom. The molecule has 1 heterocycles. The van der Waals surface area contributed by atoms with Crippen molar-refractivity contribution in [1.29, 1.82) is 0 Å². The minimum absolute atomic E-state index is 0.142.